The molecule has 1 saturated carbocycles. The van der Waals surface area contributed by atoms with Gasteiger partial charge in [0, 0.05) is 31.4 Å². The summed E-state index contributed by atoms with van der Waals surface area (Å²) in [7, 11) is -2.03. The van der Waals surface area contributed by atoms with E-state index in [4.69, 9.17) is 9.47 Å². The average Bonchev–Trinajstić information content (AvgIpc) is 3.53. The molecule has 38 heavy (non-hydrogen) atoms. The van der Waals surface area contributed by atoms with Crippen molar-refractivity contribution < 1.29 is 36.7 Å². The van der Waals surface area contributed by atoms with Crippen molar-refractivity contribution in [3.8, 4) is 5.75 Å². The summed E-state index contributed by atoms with van der Waals surface area (Å²) in [6.45, 7) is 8.05. The van der Waals surface area contributed by atoms with E-state index in [2.05, 4.69) is 9.97 Å². The number of anilines is 1. The Bertz CT molecular complexity index is 1310. The standard InChI is InChI=1S/C25H31BF3N3O6/c1-13(30-24(35)37-25(2,3)4)14-8-9-31(11-14)20-18(27)10-16-19(22(20)36-5)32(15-6-7-15)12-17(21(16)33)23(34)38-26(28)29/h10,12-15H,6-9,11H2,1-5H3,(H,30,35)/t13-,14-/m1/s1. The van der Waals surface area contributed by atoms with Gasteiger partial charge in [-0.05, 0) is 58.9 Å². The summed E-state index contributed by atoms with van der Waals surface area (Å²) in [5.74, 6) is -2.12. The zero-order valence-corrected chi connectivity index (χ0v) is 22.0. The van der Waals surface area contributed by atoms with Gasteiger partial charge in [-0.3, -0.25) is 4.79 Å². The third-order valence-electron chi connectivity index (χ3n) is 6.75. The van der Waals surface area contributed by atoms with Gasteiger partial charge in [0.25, 0.3) is 0 Å². The van der Waals surface area contributed by atoms with Crippen LogP contribution >= 0.6 is 0 Å². The molecule has 206 valence electrons. The molecule has 0 bridgehead atoms. The number of nitrogens with zero attached hydrogens (tertiary/aromatic N) is 2. The lowest BCUT2D eigenvalue weighted by molar-refractivity contribution is 0.0494. The molecule has 1 N–H and O–H groups in total. The SMILES string of the molecule is COc1c(N2CC[C@@H]([C@@H](C)NC(=O)OC(C)(C)C)C2)c(F)cc2c(=O)c(C(=O)OB(F)F)cn(C3CC3)c12. The van der Waals surface area contributed by atoms with Gasteiger partial charge in [0.1, 0.15) is 16.9 Å². The molecule has 1 aliphatic carbocycles. The molecule has 2 aliphatic rings. The highest BCUT2D eigenvalue weighted by molar-refractivity contribution is 6.38. The summed E-state index contributed by atoms with van der Waals surface area (Å²) in [6, 6.07) is 0.661. The van der Waals surface area contributed by atoms with Crippen LogP contribution in [0, 0.1) is 11.7 Å². The minimum atomic E-state index is -3.39. The highest BCUT2D eigenvalue weighted by atomic mass is 19.2. The number of methoxy groups -OCH3 is 1. The highest BCUT2D eigenvalue weighted by Gasteiger charge is 2.36. The van der Waals surface area contributed by atoms with Crippen molar-refractivity contribution >= 4 is 36.1 Å². The summed E-state index contributed by atoms with van der Waals surface area (Å²) in [6.07, 6.45) is 2.78. The first-order valence-corrected chi connectivity index (χ1v) is 12.5. The van der Waals surface area contributed by atoms with Crippen LogP contribution in [0.25, 0.3) is 10.9 Å². The Morgan fingerprint density at radius 3 is 2.47 bits per heavy atom. The van der Waals surface area contributed by atoms with Crippen LogP contribution < -0.4 is 20.4 Å². The van der Waals surface area contributed by atoms with Crippen LogP contribution in [0.1, 0.15) is 63.4 Å². The molecule has 2 fully saturated rings. The predicted octanol–water partition coefficient (Wildman–Crippen LogP) is 4.30. The first-order chi connectivity index (χ1) is 17.8. The Hall–Kier alpha value is -3.38. The molecule has 1 amide bonds. The molecule has 1 aromatic heterocycles. The lowest BCUT2D eigenvalue weighted by Crippen LogP contribution is -2.42. The second-order valence-corrected chi connectivity index (χ2v) is 10.7. The van der Waals surface area contributed by atoms with Gasteiger partial charge < -0.3 is 28.9 Å². The van der Waals surface area contributed by atoms with Gasteiger partial charge >= 0.3 is 19.5 Å². The van der Waals surface area contributed by atoms with Crippen LogP contribution in [0.3, 0.4) is 0 Å². The normalized spacial score (nSPS) is 18.3. The Kier molecular flexibility index (Phi) is 7.58. The van der Waals surface area contributed by atoms with Crippen LogP contribution in [0.4, 0.5) is 23.5 Å². The van der Waals surface area contributed by atoms with Crippen molar-refractivity contribution in [3.63, 3.8) is 0 Å². The second-order valence-electron chi connectivity index (χ2n) is 10.7. The molecule has 9 nitrogen and oxygen atoms in total. The zero-order chi connectivity index (χ0) is 27.9. The number of alkyl carbamates (subject to hydrolysis) is 1. The molecule has 2 atom stereocenters. The zero-order valence-electron chi connectivity index (χ0n) is 22.0. The fourth-order valence-corrected chi connectivity index (χ4v) is 4.87. The number of benzene rings is 1. The van der Waals surface area contributed by atoms with Crippen molar-refractivity contribution in [1.29, 1.82) is 0 Å². The molecule has 1 saturated heterocycles. The summed E-state index contributed by atoms with van der Waals surface area (Å²) in [4.78, 5) is 39.3. The number of aromatic nitrogens is 1. The average molecular weight is 537 g/mol. The highest BCUT2D eigenvalue weighted by Crippen LogP contribution is 2.44. The maximum absolute atomic E-state index is 15.6. The van der Waals surface area contributed by atoms with Gasteiger partial charge in [0.2, 0.25) is 5.43 Å². The number of hydrogen-bond acceptors (Lipinski definition) is 7. The predicted molar refractivity (Wildman–Crippen MR) is 136 cm³/mol. The van der Waals surface area contributed by atoms with Crippen LogP contribution in [0.5, 0.6) is 5.75 Å². The number of hydrogen-bond donors (Lipinski definition) is 1. The van der Waals surface area contributed by atoms with Crippen molar-refractivity contribution in [2.24, 2.45) is 5.92 Å². The fourth-order valence-electron chi connectivity index (χ4n) is 4.87. The number of ether oxygens (including phenoxy) is 2. The van der Waals surface area contributed by atoms with E-state index >= 15 is 4.39 Å². The van der Waals surface area contributed by atoms with E-state index < -0.39 is 41.9 Å². The summed E-state index contributed by atoms with van der Waals surface area (Å²) < 4.78 is 57.5. The number of pyridine rings is 1. The van der Waals surface area contributed by atoms with E-state index in [1.54, 1.807) is 30.2 Å². The fraction of sp³-hybridized carbons (Fsp3) is 0.560. The van der Waals surface area contributed by atoms with Crippen molar-refractivity contribution in [1.82, 2.24) is 9.88 Å². The van der Waals surface area contributed by atoms with E-state index in [0.717, 1.165) is 18.9 Å². The molecule has 4 rings (SSSR count). The molecule has 0 spiro atoms. The molecule has 1 aromatic carbocycles. The number of halogens is 3. The molecule has 13 heteroatoms. The summed E-state index contributed by atoms with van der Waals surface area (Å²) in [5.41, 5.74) is -1.71. The van der Waals surface area contributed by atoms with Gasteiger partial charge in [-0.2, -0.15) is 0 Å². The largest absolute Gasteiger partial charge is 0.798 e. The van der Waals surface area contributed by atoms with E-state index in [1.165, 1.54) is 13.3 Å². The maximum atomic E-state index is 15.6. The molecule has 2 heterocycles. The number of fused-ring (bicyclic) bond motifs is 1. The number of nitrogens with one attached hydrogen (secondary N) is 1. The number of carbonyl (C=O) groups excluding carboxylic acids is 2. The molecule has 0 unspecified atom stereocenters. The topological polar surface area (TPSA) is 99.1 Å². The van der Waals surface area contributed by atoms with Crippen molar-refractivity contribution in [3.05, 3.63) is 33.9 Å². The third kappa shape index (κ3) is 5.71. The Morgan fingerprint density at radius 2 is 1.89 bits per heavy atom. The van der Waals surface area contributed by atoms with Crippen LogP contribution in [-0.4, -0.2) is 55.9 Å². The van der Waals surface area contributed by atoms with Crippen LogP contribution in [0.2, 0.25) is 0 Å². The Balaban J connectivity index is 1.70. The van der Waals surface area contributed by atoms with Gasteiger partial charge in [-0.1, -0.05) is 0 Å². The summed E-state index contributed by atoms with van der Waals surface area (Å²) >= 11 is 0. The minimum absolute atomic E-state index is 0.0144. The van der Waals surface area contributed by atoms with Gasteiger partial charge in [0.15, 0.2) is 11.6 Å². The Morgan fingerprint density at radius 1 is 1.21 bits per heavy atom. The van der Waals surface area contributed by atoms with E-state index in [-0.39, 0.29) is 40.3 Å². The van der Waals surface area contributed by atoms with Crippen LogP contribution in [-0.2, 0) is 9.39 Å². The summed E-state index contributed by atoms with van der Waals surface area (Å²) in [5, 5.41) is 2.68. The molecular weight excluding hydrogens is 506 g/mol. The lowest BCUT2D eigenvalue weighted by atomic mass is 10.0. The van der Waals surface area contributed by atoms with E-state index in [9.17, 15) is 23.0 Å². The molecular formula is C25H31BF3N3O6. The van der Waals surface area contributed by atoms with E-state index in [0.29, 0.717) is 19.5 Å². The quantitative estimate of drug-likeness (QED) is 0.526. The third-order valence-corrected chi connectivity index (χ3v) is 6.75. The lowest BCUT2D eigenvalue weighted by Gasteiger charge is -2.27. The van der Waals surface area contributed by atoms with E-state index in [1.807, 2.05) is 6.92 Å². The van der Waals surface area contributed by atoms with Gasteiger partial charge in [0.05, 0.1) is 18.0 Å². The maximum Gasteiger partial charge on any atom is 0.798 e. The van der Waals surface area contributed by atoms with Crippen molar-refractivity contribution in [2.75, 3.05) is 25.1 Å². The number of carbonyl (C=O) groups is 2. The first kappa shape index (κ1) is 27.7. The monoisotopic (exact) mass is 537 g/mol. The number of amides is 1. The smallest absolute Gasteiger partial charge is 0.492 e. The Labute approximate surface area is 218 Å². The van der Waals surface area contributed by atoms with Gasteiger partial charge in [-0.15, -0.1) is 0 Å². The molecule has 2 aromatic rings. The van der Waals surface area contributed by atoms with Gasteiger partial charge in [-0.25, -0.2) is 22.6 Å². The minimum Gasteiger partial charge on any atom is -0.492 e. The van der Waals surface area contributed by atoms with Crippen molar-refractivity contribution in [2.45, 2.75) is 64.6 Å². The van der Waals surface area contributed by atoms with Crippen LogP contribution in [0.15, 0.2) is 17.1 Å². The first-order valence-electron chi connectivity index (χ1n) is 12.5. The number of rotatable bonds is 7. The molecule has 1 aliphatic heterocycles. The second kappa shape index (κ2) is 10.4. The molecule has 0 radical (unpaired) electrons.